The molecule has 3 aromatic rings. The van der Waals surface area contributed by atoms with Gasteiger partial charge in [-0.3, -0.25) is 13.9 Å². The van der Waals surface area contributed by atoms with Crippen molar-refractivity contribution in [1.29, 1.82) is 0 Å². The van der Waals surface area contributed by atoms with Gasteiger partial charge in [-0.2, -0.15) is 4.31 Å². The van der Waals surface area contributed by atoms with Crippen LogP contribution in [0.5, 0.6) is 0 Å². The Morgan fingerprint density at radius 3 is 2.06 bits per heavy atom. The van der Waals surface area contributed by atoms with E-state index in [4.69, 9.17) is 0 Å². The SMILES string of the molecule is CCn1c(=O)n(CC(=O)N2CCN(S(=O)(=O)c3ccc(C)cc3)CC2)c2ccccc21. The molecule has 4 rings (SSSR count). The maximum absolute atomic E-state index is 12.9. The predicted octanol–water partition coefficient (Wildman–Crippen LogP) is 1.66. The first-order valence-corrected chi connectivity index (χ1v) is 11.8. The summed E-state index contributed by atoms with van der Waals surface area (Å²) >= 11 is 0. The van der Waals surface area contributed by atoms with Crippen molar-refractivity contribution in [1.82, 2.24) is 18.3 Å². The number of carbonyl (C=O) groups excluding carboxylic acids is 1. The zero-order valence-corrected chi connectivity index (χ0v) is 18.5. The number of imidazole rings is 1. The molecule has 8 nitrogen and oxygen atoms in total. The number of sulfonamides is 1. The molecular weight excluding hydrogens is 416 g/mol. The third-order valence-electron chi connectivity index (χ3n) is 5.78. The van der Waals surface area contributed by atoms with Crippen LogP contribution in [0, 0.1) is 6.92 Å². The summed E-state index contributed by atoms with van der Waals surface area (Å²) in [5.41, 5.74) is 2.31. The van der Waals surface area contributed by atoms with E-state index in [1.54, 1.807) is 33.7 Å². The van der Waals surface area contributed by atoms with Crippen molar-refractivity contribution in [2.24, 2.45) is 0 Å². The number of amides is 1. The fourth-order valence-corrected chi connectivity index (χ4v) is 5.43. The Hall–Kier alpha value is -2.91. The zero-order valence-electron chi connectivity index (χ0n) is 17.7. The standard InChI is InChI=1S/C22H26N4O4S/c1-3-25-19-6-4-5-7-20(19)26(22(25)28)16-21(27)23-12-14-24(15-13-23)31(29,30)18-10-8-17(2)9-11-18/h4-11H,3,12-16H2,1-2H3. The van der Waals surface area contributed by atoms with Gasteiger partial charge in [0.1, 0.15) is 6.54 Å². The third-order valence-corrected chi connectivity index (χ3v) is 7.70. The lowest BCUT2D eigenvalue weighted by Crippen LogP contribution is -2.51. The van der Waals surface area contributed by atoms with Crippen LogP contribution in [0.1, 0.15) is 12.5 Å². The summed E-state index contributed by atoms with van der Waals surface area (Å²) in [6.07, 6.45) is 0. The molecule has 1 aliphatic heterocycles. The van der Waals surface area contributed by atoms with Gasteiger partial charge in [-0.15, -0.1) is 0 Å². The van der Waals surface area contributed by atoms with Crippen molar-refractivity contribution in [2.45, 2.75) is 31.8 Å². The van der Waals surface area contributed by atoms with Crippen molar-refractivity contribution >= 4 is 27.0 Å². The summed E-state index contributed by atoms with van der Waals surface area (Å²) in [7, 11) is -3.59. The zero-order chi connectivity index (χ0) is 22.2. The van der Waals surface area contributed by atoms with E-state index in [0.29, 0.717) is 19.6 Å². The number of hydrogen-bond donors (Lipinski definition) is 0. The number of aromatic nitrogens is 2. The lowest BCUT2D eigenvalue weighted by Gasteiger charge is -2.34. The molecule has 0 bridgehead atoms. The molecule has 2 aromatic carbocycles. The lowest BCUT2D eigenvalue weighted by atomic mass is 10.2. The average molecular weight is 443 g/mol. The van der Waals surface area contributed by atoms with E-state index in [1.165, 1.54) is 8.87 Å². The van der Waals surface area contributed by atoms with Crippen LogP contribution in [0.15, 0.2) is 58.2 Å². The molecule has 2 heterocycles. The highest BCUT2D eigenvalue weighted by atomic mass is 32.2. The van der Waals surface area contributed by atoms with Crippen LogP contribution in [0.4, 0.5) is 0 Å². The largest absolute Gasteiger partial charge is 0.338 e. The molecule has 0 spiro atoms. The summed E-state index contributed by atoms with van der Waals surface area (Å²) < 4.78 is 30.3. The second kappa shape index (κ2) is 8.32. The number of hydrogen-bond acceptors (Lipinski definition) is 4. The van der Waals surface area contributed by atoms with Crippen LogP contribution in [-0.2, 0) is 27.9 Å². The molecule has 1 amide bonds. The highest BCUT2D eigenvalue weighted by molar-refractivity contribution is 7.89. The fraction of sp³-hybridized carbons (Fsp3) is 0.364. The molecule has 0 aliphatic carbocycles. The minimum atomic E-state index is -3.59. The van der Waals surface area contributed by atoms with Gasteiger partial charge in [-0.25, -0.2) is 13.2 Å². The van der Waals surface area contributed by atoms with Crippen molar-refractivity contribution in [3.8, 4) is 0 Å². The molecule has 0 radical (unpaired) electrons. The Labute approximate surface area is 181 Å². The van der Waals surface area contributed by atoms with Crippen LogP contribution in [0.3, 0.4) is 0 Å². The normalized spacial score (nSPS) is 15.5. The smallest absolute Gasteiger partial charge is 0.329 e. The van der Waals surface area contributed by atoms with E-state index in [9.17, 15) is 18.0 Å². The number of fused-ring (bicyclic) bond motifs is 1. The van der Waals surface area contributed by atoms with E-state index in [2.05, 4.69) is 0 Å². The molecule has 9 heteroatoms. The summed E-state index contributed by atoms with van der Waals surface area (Å²) in [6.45, 7) is 5.32. The Bertz CT molecular complexity index is 1270. The summed E-state index contributed by atoms with van der Waals surface area (Å²) in [5, 5.41) is 0. The number of carbonyl (C=O) groups is 1. The Balaban J connectivity index is 1.47. The third kappa shape index (κ3) is 3.90. The van der Waals surface area contributed by atoms with Gasteiger partial charge < -0.3 is 4.90 Å². The van der Waals surface area contributed by atoms with Gasteiger partial charge in [0.2, 0.25) is 15.9 Å². The number of nitrogens with zero attached hydrogens (tertiary/aromatic N) is 4. The van der Waals surface area contributed by atoms with Gasteiger partial charge in [0.15, 0.2) is 0 Å². The number of aryl methyl sites for hydroxylation is 2. The molecule has 0 unspecified atom stereocenters. The number of piperazine rings is 1. The summed E-state index contributed by atoms with van der Waals surface area (Å²) in [6, 6.07) is 14.2. The molecular formula is C22H26N4O4S. The van der Waals surface area contributed by atoms with E-state index in [1.807, 2.05) is 38.1 Å². The predicted molar refractivity (Wildman–Crippen MR) is 118 cm³/mol. The van der Waals surface area contributed by atoms with Gasteiger partial charge >= 0.3 is 5.69 Å². The van der Waals surface area contributed by atoms with E-state index < -0.39 is 10.0 Å². The topological polar surface area (TPSA) is 84.6 Å². The van der Waals surface area contributed by atoms with Gasteiger partial charge in [0, 0.05) is 32.7 Å². The highest BCUT2D eigenvalue weighted by Gasteiger charge is 2.30. The molecule has 1 fully saturated rings. The van der Waals surface area contributed by atoms with Crippen molar-refractivity contribution in [3.05, 3.63) is 64.6 Å². The Morgan fingerprint density at radius 2 is 1.48 bits per heavy atom. The van der Waals surface area contributed by atoms with E-state index in [0.717, 1.165) is 16.6 Å². The summed E-state index contributed by atoms with van der Waals surface area (Å²) in [4.78, 5) is 27.6. The maximum atomic E-state index is 12.9. The molecule has 164 valence electrons. The fourth-order valence-electron chi connectivity index (χ4n) is 4.00. The Kier molecular flexibility index (Phi) is 5.72. The first-order valence-electron chi connectivity index (χ1n) is 10.4. The van der Waals surface area contributed by atoms with Gasteiger partial charge in [0.05, 0.1) is 15.9 Å². The highest BCUT2D eigenvalue weighted by Crippen LogP contribution is 2.19. The maximum Gasteiger partial charge on any atom is 0.329 e. The molecule has 0 atom stereocenters. The second-order valence-electron chi connectivity index (χ2n) is 7.70. The van der Waals surface area contributed by atoms with Crippen molar-refractivity contribution in [2.75, 3.05) is 26.2 Å². The Morgan fingerprint density at radius 1 is 0.903 bits per heavy atom. The van der Waals surface area contributed by atoms with Gasteiger partial charge in [-0.1, -0.05) is 29.8 Å². The van der Waals surface area contributed by atoms with Crippen LogP contribution in [0.2, 0.25) is 0 Å². The van der Waals surface area contributed by atoms with Crippen LogP contribution in [0.25, 0.3) is 11.0 Å². The first-order chi connectivity index (χ1) is 14.8. The average Bonchev–Trinajstić information content (AvgIpc) is 3.05. The minimum Gasteiger partial charge on any atom is -0.338 e. The summed E-state index contributed by atoms with van der Waals surface area (Å²) in [5.74, 6) is -0.187. The second-order valence-corrected chi connectivity index (χ2v) is 9.64. The quantitative estimate of drug-likeness (QED) is 0.602. The van der Waals surface area contributed by atoms with Gasteiger partial charge in [0.25, 0.3) is 0 Å². The van der Waals surface area contributed by atoms with E-state index >= 15 is 0 Å². The lowest BCUT2D eigenvalue weighted by molar-refractivity contribution is -0.133. The van der Waals surface area contributed by atoms with Crippen molar-refractivity contribution in [3.63, 3.8) is 0 Å². The molecule has 1 aliphatic rings. The van der Waals surface area contributed by atoms with Crippen LogP contribution in [-0.4, -0.2) is 58.8 Å². The molecule has 1 aromatic heterocycles. The first kappa shape index (κ1) is 21.3. The molecule has 1 saturated heterocycles. The molecule has 0 N–H and O–H groups in total. The van der Waals surface area contributed by atoms with Crippen LogP contribution < -0.4 is 5.69 Å². The molecule has 31 heavy (non-hydrogen) atoms. The molecule has 0 saturated carbocycles. The number of para-hydroxylation sites is 2. The van der Waals surface area contributed by atoms with Gasteiger partial charge in [-0.05, 0) is 38.1 Å². The minimum absolute atomic E-state index is 0.0585. The van der Waals surface area contributed by atoms with E-state index in [-0.39, 0.29) is 36.1 Å². The monoisotopic (exact) mass is 442 g/mol. The number of rotatable bonds is 5. The van der Waals surface area contributed by atoms with Crippen LogP contribution >= 0.6 is 0 Å². The number of benzene rings is 2. The van der Waals surface area contributed by atoms with Crippen molar-refractivity contribution < 1.29 is 13.2 Å².